The molecule has 17 heavy (non-hydrogen) atoms. The van der Waals surface area contributed by atoms with Crippen LogP contribution in [0, 0.1) is 5.92 Å². The summed E-state index contributed by atoms with van der Waals surface area (Å²) in [6, 6.07) is 1.76. The Hall–Kier alpha value is -0.940. The predicted octanol–water partition coefficient (Wildman–Crippen LogP) is 1.70. The van der Waals surface area contributed by atoms with E-state index in [0.717, 1.165) is 17.3 Å². The highest BCUT2D eigenvalue weighted by Crippen LogP contribution is 2.39. The second-order valence-electron chi connectivity index (χ2n) is 4.74. The molecule has 5 heteroatoms. The summed E-state index contributed by atoms with van der Waals surface area (Å²) in [5, 5.41) is 3.02. The number of nitrogens with zero attached hydrogens (tertiary/aromatic N) is 1. The summed E-state index contributed by atoms with van der Waals surface area (Å²) in [5.41, 5.74) is 6.03. The van der Waals surface area contributed by atoms with E-state index >= 15 is 0 Å². The van der Waals surface area contributed by atoms with Crippen molar-refractivity contribution in [3.8, 4) is 0 Å². The number of rotatable bonds is 4. The number of halogens is 1. The van der Waals surface area contributed by atoms with Gasteiger partial charge in [0.05, 0.1) is 11.1 Å². The second kappa shape index (κ2) is 4.74. The van der Waals surface area contributed by atoms with E-state index in [4.69, 9.17) is 5.73 Å². The summed E-state index contributed by atoms with van der Waals surface area (Å²) in [4.78, 5) is 16.1. The SMILES string of the molecule is CC(CN)(NC(=O)c1cncc(Br)c1)C1CC1. The topological polar surface area (TPSA) is 68.0 Å². The standard InChI is InChI=1S/C12H16BrN3O/c1-12(7-14,9-2-3-9)16-11(17)8-4-10(13)6-15-5-8/h4-6,9H,2-3,7,14H2,1H3,(H,16,17). The third-order valence-corrected chi connectivity index (χ3v) is 3.70. The summed E-state index contributed by atoms with van der Waals surface area (Å²) in [7, 11) is 0. The fourth-order valence-electron chi connectivity index (χ4n) is 1.91. The fourth-order valence-corrected chi connectivity index (χ4v) is 2.27. The van der Waals surface area contributed by atoms with E-state index in [0.29, 0.717) is 18.0 Å². The van der Waals surface area contributed by atoms with Crippen LogP contribution in [-0.4, -0.2) is 23.0 Å². The van der Waals surface area contributed by atoms with Crippen molar-refractivity contribution in [2.45, 2.75) is 25.3 Å². The molecule has 1 amide bonds. The van der Waals surface area contributed by atoms with Crippen molar-refractivity contribution in [2.75, 3.05) is 6.54 Å². The molecule has 92 valence electrons. The van der Waals surface area contributed by atoms with E-state index in [1.807, 2.05) is 6.92 Å². The first-order chi connectivity index (χ1) is 8.05. The summed E-state index contributed by atoms with van der Waals surface area (Å²) < 4.78 is 0.797. The maximum absolute atomic E-state index is 12.1. The van der Waals surface area contributed by atoms with Gasteiger partial charge in [-0.05, 0) is 47.7 Å². The molecule has 1 heterocycles. The number of aromatic nitrogens is 1. The van der Waals surface area contributed by atoms with Gasteiger partial charge < -0.3 is 11.1 Å². The molecule has 1 unspecified atom stereocenters. The molecule has 4 nitrogen and oxygen atoms in total. The Morgan fingerprint density at radius 2 is 2.35 bits per heavy atom. The summed E-state index contributed by atoms with van der Waals surface area (Å²) in [5.74, 6) is 0.398. The number of hydrogen-bond acceptors (Lipinski definition) is 3. The lowest BCUT2D eigenvalue weighted by Gasteiger charge is -2.29. The first kappa shape index (κ1) is 12.5. The molecule has 0 saturated heterocycles. The second-order valence-corrected chi connectivity index (χ2v) is 5.66. The van der Waals surface area contributed by atoms with Gasteiger partial charge in [0.25, 0.3) is 5.91 Å². The fraction of sp³-hybridized carbons (Fsp3) is 0.500. The lowest BCUT2D eigenvalue weighted by Crippen LogP contribution is -2.53. The molecule has 3 N–H and O–H groups in total. The lowest BCUT2D eigenvalue weighted by atomic mass is 9.95. The average Bonchev–Trinajstić information content (AvgIpc) is 3.13. The first-order valence-electron chi connectivity index (χ1n) is 5.68. The van der Waals surface area contributed by atoms with Crippen molar-refractivity contribution in [3.63, 3.8) is 0 Å². The van der Waals surface area contributed by atoms with Crippen LogP contribution in [-0.2, 0) is 0 Å². The minimum absolute atomic E-state index is 0.112. The first-order valence-corrected chi connectivity index (χ1v) is 6.47. The number of nitrogens with two attached hydrogens (primary N) is 1. The van der Waals surface area contributed by atoms with Crippen LogP contribution in [0.3, 0.4) is 0 Å². The number of nitrogens with one attached hydrogen (secondary N) is 1. The molecule has 0 aromatic carbocycles. The number of carbonyl (C=O) groups excluding carboxylic acids is 1. The van der Waals surface area contributed by atoms with Crippen LogP contribution in [0.15, 0.2) is 22.9 Å². The van der Waals surface area contributed by atoms with Gasteiger partial charge in [-0.3, -0.25) is 9.78 Å². The van der Waals surface area contributed by atoms with Gasteiger partial charge in [0.1, 0.15) is 0 Å². The maximum Gasteiger partial charge on any atom is 0.253 e. The average molecular weight is 298 g/mol. The smallest absolute Gasteiger partial charge is 0.253 e. The van der Waals surface area contributed by atoms with Gasteiger partial charge in [-0.15, -0.1) is 0 Å². The molecule has 0 spiro atoms. The number of pyridine rings is 1. The summed E-state index contributed by atoms with van der Waals surface area (Å²) >= 11 is 3.30. The normalized spacial score (nSPS) is 18.5. The van der Waals surface area contributed by atoms with Crippen LogP contribution in [0.25, 0.3) is 0 Å². The lowest BCUT2D eigenvalue weighted by molar-refractivity contribution is 0.0897. The Bertz CT molecular complexity index is 434. The van der Waals surface area contributed by atoms with Crippen molar-refractivity contribution < 1.29 is 4.79 Å². The molecule has 0 bridgehead atoms. The molecule has 1 fully saturated rings. The molecule has 1 aliphatic carbocycles. The zero-order valence-corrected chi connectivity index (χ0v) is 11.3. The van der Waals surface area contributed by atoms with Gasteiger partial charge in [0, 0.05) is 23.4 Å². The zero-order valence-electron chi connectivity index (χ0n) is 9.74. The van der Waals surface area contributed by atoms with Gasteiger partial charge in [0.15, 0.2) is 0 Å². The van der Waals surface area contributed by atoms with Gasteiger partial charge in [-0.1, -0.05) is 0 Å². The monoisotopic (exact) mass is 297 g/mol. The molecular formula is C12H16BrN3O. The van der Waals surface area contributed by atoms with E-state index in [-0.39, 0.29) is 11.4 Å². The largest absolute Gasteiger partial charge is 0.345 e. The highest BCUT2D eigenvalue weighted by Gasteiger charge is 2.41. The molecule has 1 aliphatic rings. The Kier molecular flexibility index (Phi) is 3.49. The minimum Gasteiger partial charge on any atom is -0.345 e. The molecule has 1 aromatic heterocycles. The highest BCUT2D eigenvalue weighted by atomic mass is 79.9. The Morgan fingerprint density at radius 3 is 2.88 bits per heavy atom. The molecule has 1 saturated carbocycles. The quantitative estimate of drug-likeness (QED) is 0.889. The molecule has 1 aromatic rings. The van der Waals surface area contributed by atoms with Gasteiger partial charge in [-0.2, -0.15) is 0 Å². The van der Waals surface area contributed by atoms with E-state index in [9.17, 15) is 4.79 Å². The van der Waals surface area contributed by atoms with Crippen molar-refractivity contribution >= 4 is 21.8 Å². The number of hydrogen-bond donors (Lipinski definition) is 2. The molecular weight excluding hydrogens is 282 g/mol. The van der Waals surface area contributed by atoms with Crippen LogP contribution in [0.2, 0.25) is 0 Å². The van der Waals surface area contributed by atoms with Crippen LogP contribution < -0.4 is 11.1 Å². The van der Waals surface area contributed by atoms with Crippen molar-refractivity contribution in [3.05, 3.63) is 28.5 Å². The van der Waals surface area contributed by atoms with Gasteiger partial charge in [-0.25, -0.2) is 0 Å². The molecule has 0 radical (unpaired) electrons. The maximum atomic E-state index is 12.1. The predicted molar refractivity (Wildman–Crippen MR) is 69.6 cm³/mol. The Labute approximate surface area is 109 Å². The van der Waals surface area contributed by atoms with Crippen molar-refractivity contribution in [1.29, 1.82) is 0 Å². The van der Waals surface area contributed by atoms with Gasteiger partial charge in [0.2, 0.25) is 0 Å². The third-order valence-electron chi connectivity index (χ3n) is 3.27. The number of carbonyl (C=O) groups is 1. The third kappa shape index (κ3) is 2.84. The van der Waals surface area contributed by atoms with E-state index in [2.05, 4.69) is 26.2 Å². The zero-order chi connectivity index (χ0) is 12.5. The molecule has 0 aliphatic heterocycles. The van der Waals surface area contributed by atoms with E-state index in [1.54, 1.807) is 18.5 Å². The number of amides is 1. The van der Waals surface area contributed by atoms with Crippen LogP contribution in [0.1, 0.15) is 30.1 Å². The molecule has 2 rings (SSSR count). The van der Waals surface area contributed by atoms with Gasteiger partial charge >= 0.3 is 0 Å². The van der Waals surface area contributed by atoms with Crippen molar-refractivity contribution in [2.24, 2.45) is 11.7 Å². The van der Waals surface area contributed by atoms with Crippen LogP contribution >= 0.6 is 15.9 Å². The Balaban J connectivity index is 2.10. The molecule has 1 atom stereocenters. The van der Waals surface area contributed by atoms with E-state index in [1.165, 1.54) is 0 Å². The summed E-state index contributed by atoms with van der Waals surface area (Å²) in [6.07, 6.45) is 5.50. The highest BCUT2D eigenvalue weighted by molar-refractivity contribution is 9.10. The van der Waals surface area contributed by atoms with Crippen LogP contribution in [0.5, 0.6) is 0 Å². The minimum atomic E-state index is -0.292. The van der Waals surface area contributed by atoms with Crippen LogP contribution in [0.4, 0.5) is 0 Å². The van der Waals surface area contributed by atoms with Crippen molar-refractivity contribution in [1.82, 2.24) is 10.3 Å². The summed E-state index contributed by atoms with van der Waals surface area (Å²) in [6.45, 7) is 2.47. The van der Waals surface area contributed by atoms with E-state index < -0.39 is 0 Å². The Morgan fingerprint density at radius 1 is 1.65 bits per heavy atom.